The van der Waals surface area contributed by atoms with Crippen molar-refractivity contribution in [2.24, 2.45) is 5.14 Å². The van der Waals surface area contributed by atoms with E-state index in [4.69, 9.17) is 9.88 Å². The molecule has 138 valence electrons. The van der Waals surface area contributed by atoms with Crippen molar-refractivity contribution in [3.63, 3.8) is 0 Å². The number of nitrogens with two attached hydrogens (primary N) is 1. The molecule has 3 unspecified atom stereocenters. The fourth-order valence-corrected chi connectivity index (χ4v) is 3.38. The molecule has 0 spiro atoms. The Kier molecular flexibility index (Phi) is 6.21. The molecule has 0 radical (unpaired) electrons. The standard InChI is InChI=1S/C13H18N4O6S2/c14-25(21,22)15-7-10-6-11(24)8-16(10)13(18)23-12(17(19)20)9-4-2-1-3-5-9/h1-5,10-12,15,24H,6-8H2,(H2,14,21,22). The van der Waals surface area contributed by atoms with Gasteiger partial charge >= 0.3 is 12.3 Å². The van der Waals surface area contributed by atoms with E-state index < -0.39 is 33.5 Å². The van der Waals surface area contributed by atoms with Crippen LogP contribution in [-0.4, -0.2) is 48.7 Å². The molecule has 25 heavy (non-hydrogen) atoms. The number of nitro groups is 1. The molecule has 12 heteroatoms. The number of nitrogens with one attached hydrogen (secondary N) is 1. The molecule has 0 aliphatic carbocycles. The lowest BCUT2D eigenvalue weighted by Crippen LogP contribution is -2.45. The van der Waals surface area contributed by atoms with E-state index in [-0.39, 0.29) is 23.9 Å². The number of hydrogen-bond donors (Lipinski definition) is 3. The summed E-state index contributed by atoms with van der Waals surface area (Å²) in [7, 11) is -3.92. The summed E-state index contributed by atoms with van der Waals surface area (Å²) in [5, 5.41) is 15.9. The van der Waals surface area contributed by atoms with E-state index in [1.165, 1.54) is 17.0 Å². The third-order valence-electron chi connectivity index (χ3n) is 3.64. The van der Waals surface area contributed by atoms with Gasteiger partial charge in [-0.3, -0.25) is 10.1 Å². The lowest BCUT2D eigenvalue weighted by molar-refractivity contribution is -0.575. The Labute approximate surface area is 150 Å². The van der Waals surface area contributed by atoms with Crippen LogP contribution in [0.25, 0.3) is 0 Å². The van der Waals surface area contributed by atoms with Crippen molar-refractivity contribution in [2.45, 2.75) is 23.9 Å². The van der Waals surface area contributed by atoms with Crippen molar-refractivity contribution >= 4 is 28.9 Å². The topological polar surface area (TPSA) is 145 Å². The van der Waals surface area contributed by atoms with E-state index >= 15 is 0 Å². The number of hydrogen-bond acceptors (Lipinski definition) is 7. The minimum atomic E-state index is -3.92. The Morgan fingerprint density at radius 2 is 2.12 bits per heavy atom. The zero-order chi connectivity index (χ0) is 18.6. The van der Waals surface area contributed by atoms with Crippen LogP contribution in [0, 0.1) is 10.1 Å². The van der Waals surface area contributed by atoms with Crippen molar-refractivity contribution in [1.29, 1.82) is 0 Å². The molecule has 2 rings (SSSR count). The normalized spacial score (nSPS) is 21.8. The number of amides is 1. The monoisotopic (exact) mass is 390 g/mol. The smallest absolute Gasteiger partial charge is 0.377 e. The van der Waals surface area contributed by atoms with Gasteiger partial charge in [0.2, 0.25) is 0 Å². The molecular formula is C13H18N4O6S2. The van der Waals surface area contributed by atoms with Gasteiger partial charge in [0.15, 0.2) is 0 Å². The second-order valence-corrected chi connectivity index (χ2v) is 7.63. The van der Waals surface area contributed by atoms with Gasteiger partial charge in [0.25, 0.3) is 10.2 Å². The first-order valence-corrected chi connectivity index (χ1v) is 9.35. The largest absolute Gasteiger partial charge is 0.415 e. The molecule has 3 N–H and O–H groups in total. The fraction of sp³-hybridized carbons (Fsp3) is 0.462. The second kappa shape index (κ2) is 7.99. The van der Waals surface area contributed by atoms with Gasteiger partial charge < -0.3 is 9.64 Å². The zero-order valence-corrected chi connectivity index (χ0v) is 14.7. The Morgan fingerprint density at radius 3 is 2.68 bits per heavy atom. The summed E-state index contributed by atoms with van der Waals surface area (Å²) in [6.07, 6.45) is -2.17. The Hall–Kier alpha value is -1.89. The highest BCUT2D eigenvalue weighted by molar-refractivity contribution is 7.87. The molecule has 1 amide bonds. The van der Waals surface area contributed by atoms with Crippen molar-refractivity contribution in [3.8, 4) is 0 Å². The van der Waals surface area contributed by atoms with E-state index in [1.807, 2.05) is 0 Å². The molecule has 1 aliphatic heterocycles. The number of ether oxygens (including phenoxy) is 1. The molecule has 3 atom stereocenters. The number of nitrogens with zero attached hydrogens (tertiary/aromatic N) is 2. The van der Waals surface area contributed by atoms with Gasteiger partial charge in [0.05, 0.1) is 10.5 Å². The molecular weight excluding hydrogens is 372 g/mol. The van der Waals surface area contributed by atoms with Gasteiger partial charge in [0.1, 0.15) is 0 Å². The maximum Gasteiger partial charge on any atom is 0.415 e. The highest BCUT2D eigenvalue weighted by Gasteiger charge is 2.38. The van der Waals surface area contributed by atoms with Crippen molar-refractivity contribution < 1.29 is 22.9 Å². The van der Waals surface area contributed by atoms with E-state index in [0.29, 0.717) is 6.42 Å². The van der Waals surface area contributed by atoms with Crippen LogP contribution in [0.3, 0.4) is 0 Å². The molecule has 1 saturated heterocycles. The van der Waals surface area contributed by atoms with E-state index in [1.54, 1.807) is 18.2 Å². The number of carbonyl (C=O) groups excluding carboxylic acids is 1. The SMILES string of the molecule is NS(=O)(=O)NCC1CC(S)CN1C(=O)OC(c1ccccc1)[N+](=O)[O-]. The molecule has 0 saturated carbocycles. The van der Waals surface area contributed by atoms with Gasteiger partial charge in [-0.25, -0.2) is 14.7 Å². The van der Waals surface area contributed by atoms with Crippen LogP contribution in [0.4, 0.5) is 4.79 Å². The summed E-state index contributed by atoms with van der Waals surface area (Å²) < 4.78 is 29.2. The average molecular weight is 390 g/mol. The molecule has 0 bridgehead atoms. The van der Waals surface area contributed by atoms with Crippen LogP contribution < -0.4 is 9.86 Å². The van der Waals surface area contributed by atoms with Crippen LogP contribution in [-0.2, 0) is 14.9 Å². The summed E-state index contributed by atoms with van der Waals surface area (Å²) in [6.45, 7) is 0.0532. The minimum absolute atomic E-state index is 0.126. The second-order valence-electron chi connectivity index (χ2n) is 5.52. The molecule has 1 fully saturated rings. The summed E-state index contributed by atoms with van der Waals surface area (Å²) >= 11 is 4.28. The number of carbonyl (C=O) groups is 1. The summed E-state index contributed by atoms with van der Waals surface area (Å²) in [4.78, 5) is 24.1. The molecule has 1 heterocycles. The first-order chi connectivity index (χ1) is 11.7. The van der Waals surface area contributed by atoms with Gasteiger partial charge in [-0.15, -0.1) is 0 Å². The maximum atomic E-state index is 12.4. The van der Waals surface area contributed by atoms with Gasteiger partial charge in [0, 0.05) is 24.4 Å². The van der Waals surface area contributed by atoms with Gasteiger partial charge in [-0.2, -0.15) is 21.0 Å². The number of rotatable bonds is 6. The first-order valence-electron chi connectivity index (χ1n) is 7.28. The van der Waals surface area contributed by atoms with Crippen molar-refractivity contribution in [2.75, 3.05) is 13.1 Å². The van der Waals surface area contributed by atoms with Crippen LogP contribution in [0.1, 0.15) is 18.2 Å². The third-order valence-corrected chi connectivity index (χ3v) is 4.58. The number of thiol groups is 1. The summed E-state index contributed by atoms with van der Waals surface area (Å²) in [6, 6.07) is 7.27. The molecule has 1 aliphatic rings. The number of benzene rings is 1. The number of likely N-dealkylation sites (tertiary alicyclic amines) is 1. The molecule has 1 aromatic carbocycles. The lowest BCUT2D eigenvalue weighted by Gasteiger charge is -2.24. The summed E-state index contributed by atoms with van der Waals surface area (Å²) in [5.74, 6) is 0. The van der Waals surface area contributed by atoms with Gasteiger partial charge in [-0.1, -0.05) is 18.2 Å². The van der Waals surface area contributed by atoms with E-state index in [9.17, 15) is 23.3 Å². The Bertz CT molecular complexity index is 729. The highest BCUT2D eigenvalue weighted by Crippen LogP contribution is 2.25. The maximum absolute atomic E-state index is 12.4. The van der Waals surface area contributed by atoms with Crippen LogP contribution in [0.15, 0.2) is 30.3 Å². The fourth-order valence-electron chi connectivity index (χ4n) is 2.54. The Morgan fingerprint density at radius 1 is 1.48 bits per heavy atom. The molecule has 1 aromatic rings. The lowest BCUT2D eigenvalue weighted by atomic mass is 10.2. The molecule has 0 aromatic heterocycles. The third kappa shape index (κ3) is 5.56. The molecule has 10 nitrogen and oxygen atoms in total. The highest BCUT2D eigenvalue weighted by atomic mass is 32.2. The Balaban J connectivity index is 2.09. The first kappa shape index (κ1) is 19.4. The average Bonchev–Trinajstić information content (AvgIpc) is 2.91. The minimum Gasteiger partial charge on any atom is -0.377 e. The van der Waals surface area contributed by atoms with E-state index in [0.717, 1.165) is 0 Å². The van der Waals surface area contributed by atoms with Crippen molar-refractivity contribution in [3.05, 3.63) is 46.0 Å². The quantitative estimate of drug-likeness (QED) is 0.275. The van der Waals surface area contributed by atoms with Gasteiger partial charge in [-0.05, 0) is 18.6 Å². The zero-order valence-electron chi connectivity index (χ0n) is 13.0. The predicted molar refractivity (Wildman–Crippen MR) is 91.7 cm³/mol. The van der Waals surface area contributed by atoms with E-state index in [2.05, 4.69) is 17.4 Å². The van der Waals surface area contributed by atoms with Crippen molar-refractivity contribution in [1.82, 2.24) is 9.62 Å². The van der Waals surface area contributed by atoms with Crippen LogP contribution in [0.5, 0.6) is 0 Å². The summed E-state index contributed by atoms with van der Waals surface area (Å²) in [5.41, 5.74) is 0.224. The predicted octanol–water partition coefficient (Wildman–Crippen LogP) is 0.264. The van der Waals surface area contributed by atoms with Crippen LogP contribution >= 0.6 is 12.6 Å². The van der Waals surface area contributed by atoms with Crippen LogP contribution in [0.2, 0.25) is 0 Å².